The summed E-state index contributed by atoms with van der Waals surface area (Å²) in [5, 5.41) is 0. The molecular weight excluding hydrogens is 358 g/mol. The van der Waals surface area contributed by atoms with Gasteiger partial charge in [0.1, 0.15) is 0 Å². The van der Waals surface area contributed by atoms with E-state index in [1.807, 2.05) is 54.0 Å². The summed E-state index contributed by atoms with van der Waals surface area (Å²) < 4.78 is 0. The first-order valence-electron chi connectivity index (χ1n) is 9.25. The van der Waals surface area contributed by atoms with Crippen molar-refractivity contribution in [2.24, 2.45) is 4.99 Å². The summed E-state index contributed by atoms with van der Waals surface area (Å²) in [6.45, 7) is 6.89. The minimum atomic E-state index is -0.814. The van der Waals surface area contributed by atoms with Crippen LogP contribution < -0.4 is 4.90 Å². The Morgan fingerprint density at radius 3 is 2.36 bits per heavy atom. The van der Waals surface area contributed by atoms with Crippen LogP contribution in [0.2, 0.25) is 0 Å². The Labute approximate surface area is 163 Å². The van der Waals surface area contributed by atoms with Crippen LogP contribution in [-0.2, 0) is 9.59 Å². The van der Waals surface area contributed by atoms with Gasteiger partial charge in [0.2, 0.25) is 5.96 Å². The number of Topliss-reactive ketones (excluding diaryl/α,β-unsaturated/α-hetero) is 1. The summed E-state index contributed by atoms with van der Waals surface area (Å²) in [4.78, 5) is 49.2. The Hall–Kier alpha value is -3.16. The molecule has 8 heteroatoms. The van der Waals surface area contributed by atoms with E-state index in [-0.39, 0.29) is 5.78 Å². The first-order valence-corrected chi connectivity index (χ1v) is 9.25. The number of hydrogen-bond acceptors (Lipinski definition) is 6. The molecule has 3 aliphatic heterocycles. The second-order valence-corrected chi connectivity index (χ2v) is 7.39. The minimum absolute atomic E-state index is 0.233. The highest BCUT2D eigenvalue weighted by Gasteiger charge is 2.57. The van der Waals surface area contributed by atoms with E-state index in [1.165, 1.54) is 11.8 Å². The number of rotatable bonds is 3. The van der Waals surface area contributed by atoms with Gasteiger partial charge >= 0.3 is 6.03 Å². The number of urea groups is 1. The van der Waals surface area contributed by atoms with Gasteiger partial charge in [0.15, 0.2) is 18.0 Å². The number of amides is 3. The summed E-state index contributed by atoms with van der Waals surface area (Å²) in [7, 11) is 1.62. The SMILES string of the molecule is CC(=O)C(C)N1C(=O)C2C(N=C3N(c4ccccc4)C(C)=C(C)N32)N(C)C1=O. The van der Waals surface area contributed by atoms with Crippen molar-refractivity contribution in [2.45, 2.75) is 45.9 Å². The predicted octanol–water partition coefficient (Wildman–Crippen LogP) is 2.00. The number of carbonyl (C=O) groups is 3. The highest BCUT2D eigenvalue weighted by molar-refractivity contribution is 6.11. The Kier molecular flexibility index (Phi) is 4.02. The largest absolute Gasteiger partial charge is 0.328 e. The topological polar surface area (TPSA) is 76.5 Å². The highest BCUT2D eigenvalue weighted by atomic mass is 16.2. The fourth-order valence-corrected chi connectivity index (χ4v) is 4.00. The molecule has 0 bridgehead atoms. The van der Waals surface area contributed by atoms with Crippen LogP contribution in [0.15, 0.2) is 46.7 Å². The monoisotopic (exact) mass is 381 g/mol. The molecular formula is C20H23N5O3. The van der Waals surface area contributed by atoms with E-state index in [4.69, 9.17) is 4.99 Å². The van der Waals surface area contributed by atoms with E-state index >= 15 is 0 Å². The number of likely N-dealkylation sites (N-methyl/N-ethyl adjacent to an activating group) is 1. The van der Waals surface area contributed by atoms with E-state index in [0.29, 0.717) is 5.96 Å². The molecule has 1 aromatic carbocycles. The van der Waals surface area contributed by atoms with Crippen LogP contribution in [0.4, 0.5) is 10.5 Å². The number of ketones is 1. The molecule has 0 spiro atoms. The zero-order chi connectivity index (χ0) is 20.3. The average molecular weight is 381 g/mol. The standard InChI is InChI=1S/C20H23N5O3/c1-11-12(2)24-16-17(21-19(24)23(11)15-9-7-6-8-10-15)22(5)20(28)25(18(16)27)13(3)14(4)26/h6-10,13,16-17H,1-5H3. The number of imide groups is 1. The van der Waals surface area contributed by atoms with E-state index in [1.54, 1.807) is 14.0 Å². The zero-order valence-corrected chi connectivity index (χ0v) is 16.6. The molecule has 8 nitrogen and oxygen atoms in total. The molecule has 28 heavy (non-hydrogen) atoms. The van der Waals surface area contributed by atoms with Gasteiger partial charge in [0.05, 0.1) is 6.04 Å². The van der Waals surface area contributed by atoms with Crippen molar-refractivity contribution in [1.82, 2.24) is 14.7 Å². The molecule has 3 heterocycles. The fraction of sp³-hybridized carbons (Fsp3) is 0.400. The van der Waals surface area contributed by atoms with Crippen molar-refractivity contribution in [2.75, 3.05) is 11.9 Å². The minimum Gasteiger partial charge on any atom is -0.302 e. The molecule has 0 aliphatic carbocycles. The number of anilines is 1. The molecule has 3 amide bonds. The molecule has 4 rings (SSSR count). The lowest BCUT2D eigenvalue weighted by Crippen LogP contribution is -2.67. The Balaban J connectivity index is 1.78. The van der Waals surface area contributed by atoms with E-state index in [9.17, 15) is 14.4 Å². The van der Waals surface area contributed by atoms with Crippen molar-refractivity contribution in [3.63, 3.8) is 0 Å². The maximum Gasteiger partial charge on any atom is 0.328 e. The van der Waals surface area contributed by atoms with Gasteiger partial charge in [0.25, 0.3) is 5.91 Å². The molecule has 0 N–H and O–H groups in total. The number of nitrogens with zero attached hydrogens (tertiary/aromatic N) is 5. The van der Waals surface area contributed by atoms with Crippen LogP contribution in [0, 0.1) is 0 Å². The molecule has 1 saturated heterocycles. The molecule has 1 aromatic rings. The van der Waals surface area contributed by atoms with Crippen LogP contribution in [0.3, 0.4) is 0 Å². The third-order valence-electron chi connectivity index (χ3n) is 5.83. The lowest BCUT2D eigenvalue weighted by Gasteiger charge is -2.42. The van der Waals surface area contributed by atoms with Crippen LogP contribution in [0.5, 0.6) is 0 Å². The highest BCUT2D eigenvalue weighted by Crippen LogP contribution is 2.40. The van der Waals surface area contributed by atoms with Crippen molar-refractivity contribution in [1.29, 1.82) is 0 Å². The number of carbonyl (C=O) groups excluding carboxylic acids is 3. The van der Waals surface area contributed by atoms with Crippen molar-refractivity contribution in [3.05, 3.63) is 41.7 Å². The zero-order valence-electron chi connectivity index (χ0n) is 16.6. The first kappa shape index (κ1) is 18.2. The van der Waals surface area contributed by atoms with Crippen LogP contribution in [0.25, 0.3) is 0 Å². The van der Waals surface area contributed by atoms with Gasteiger partial charge in [0, 0.05) is 24.1 Å². The number of para-hydroxylation sites is 1. The molecule has 0 aromatic heterocycles. The first-order chi connectivity index (χ1) is 13.3. The third-order valence-corrected chi connectivity index (χ3v) is 5.83. The van der Waals surface area contributed by atoms with Gasteiger partial charge in [-0.15, -0.1) is 0 Å². The maximum absolute atomic E-state index is 13.3. The lowest BCUT2D eigenvalue weighted by atomic mass is 10.1. The Morgan fingerprint density at radius 2 is 1.75 bits per heavy atom. The van der Waals surface area contributed by atoms with Crippen molar-refractivity contribution < 1.29 is 14.4 Å². The fourth-order valence-electron chi connectivity index (χ4n) is 4.00. The number of allylic oxidation sites excluding steroid dienone is 2. The van der Waals surface area contributed by atoms with E-state index in [0.717, 1.165) is 22.0 Å². The molecule has 3 aliphatic rings. The number of aliphatic imine (C=N–C) groups is 1. The van der Waals surface area contributed by atoms with Gasteiger partial charge in [-0.05, 0) is 39.8 Å². The average Bonchev–Trinajstić information content (AvgIpc) is 3.16. The number of hydrogen-bond donors (Lipinski definition) is 0. The van der Waals surface area contributed by atoms with Gasteiger partial charge in [-0.2, -0.15) is 0 Å². The quantitative estimate of drug-likeness (QED) is 0.800. The summed E-state index contributed by atoms with van der Waals surface area (Å²) >= 11 is 0. The van der Waals surface area contributed by atoms with E-state index < -0.39 is 30.2 Å². The normalized spacial score (nSPS) is 25.2. The van der Waals surface area contributed by atoms with Gasteiger partial charge in [-0.3, -0.25) is 24.3 Å². The van der Waals surface area contributed by atoms with Crippen molar-refractivity contribution in [3.8, 4) is 0 Å². The third kappa shape index (κ3) is 2.30. The molecule has 146 valence electrons. The number of fused-ring (bicyclic) bond motifs is 3. The molecule has 3 atom stereocenters. The maximum atomic E-state index is 13.3. The number of guanidine groups is 1. The summed E-state index contributed by atoms with van der Waals surface area (Å²) in [6.07, 6.45) is -0.625. The summed E-state index contributed by atoms with van der Waals surface area (Å²) in [6, 6.07) is 7.80. The van der Waals surface area contributed by atoms with Crippen LogP contribution >= 0.6 is 0 Å². The Bertz CT molecular complexity index is 938. The van der Waals surface area contributed by atoms with Gasteiger partial charge in [-0.1, -0.05) is 18.2 Å². The van der Waals surface area contributed by atoms with Crippen molar-refractivity contribution >= 4 is 29.4 Å². The second-order valence-electron chi connectivity index (χ2n) is 7.39. The van der Waals surface area contributed by atoms with Crippen LogP contribution in [-0.4, -0.2) is 63.7 Å². The van der Waals surface area contributed by atoms with Gasteiger partial charge < -0.3 is 4.90 Å². The molecule has 0 saturated carbocycles. The molecule has 1 fully saturated rings. The summed E-state index contributed by atoms with van der Waals surface area (Å²) in [5.74, 6) is 0.00149. The van der Waals surface area contributed by atoms with Crippen LogP contribution in [0.1, 0.15) is 27.7 Å². The summed E-state index contributed by atoms with van der Waals surface area (Å²) in [5.41, 5.74) is 2.82. The second kappa shape index (κ2) is 6.19. The molecule has 0 radical (unpaired) electrons. The smallest absolute Gasteiger partial charge is 0.302 e. The molecule has 3 unspecified atom stereocenters. The predicted molar refractivity (Wildman–Crippen MR) is 104 cm³/mol. The Morgan fingerprint density at radius 1 is 1.11 bits per heavy atom. The lowest BCUT2D eigenvalue weighted by molar-refractivity contribution is -0.142. The van der Waals surface area contributed by atoms with Gasteiger partial charge in [-0.25, -0.2) is 9.79 Å². The van der Waals surface area contributed by atoms with E-state index in [2.05, 4.69) is 0 Å². The number of benzene rings is 1.